The summed E-state index contributed by atoms with van der Waals surface area (Å²) in [5.74, 6) is 1.93. The molecule has 1 N–H and O–H groups in total. The summed E-state index contributed by atoms with van der Waals surface area (Å²) in [6.45, 7) is 2.23. The van der Waals surface area contributed by atoms with Gasteiger partial charge in [-0.15, -0.1) is 0 Å². The van der Waals surface area contributed by atoms with Crippen LogP contribution in [0.3, 0.4) is 0 Å². The molecule has 0 unspecified atom stereocenters. The topological polar surface area (TPSA) is 68.9 Å². The molecule has 98 valence electrons. The van der Waals surface area contributed by atoms with E-state index < -0.39 is 0 Å². The van der Waals surface area contributed by atoms with E-state index in [1.807, 2.05) is 22.8 Å². The van der Waals surface area contributed by atoms with E-state index in [4.69, 9.17) is 21.5 Å². The summed E-state index contributed by atoms with van der Waals surface area (Å²) >= 11 is 5.32. The monoisotopic (exact) mass is 276 g/mol. The van der Waals surface area contributed by atoms with Crippen molar-refractivity contribution in [2.24, 2.45) is 0 Å². The predicted octanol–water partition coefficient (Wildman–Crippen LogP) is 2.45. The van der Waals surface area contributed by atoms with Crippen LogP contribution in [0.25, 0.3) is 11.0 Å². The van der Waals surface area contributed by atoms with Crippen LogP contribution in [0.5, 0.6) is 5.75 Å². The Balaban J connectivity index is 2.08. The Labute approximate surface area is 114 Å². The maximum Gasteiger partial charge on any atom is 0.223 e. The lowest BCUT2D eigenvalue weighted by molar-refractivity contribution is 0.386. The number of fused-ring (bicyclic) bond motifs is 1. The lowest BCUT2D eigenvalue weighted by Gasteiger charge is -2.02. The zero-order valence-corrected chi connectivity index (χ0v) is 11.3. The maximum atomic E-state index is 5.32. The summed E-state index contributed by atoms with van der Waals surface area (Å²) in [4.78, 5) is 7.32. The van der Waals surface area contributed by atoms with E-state index in [1.54, 1.807) is 14.0 Å². The second-order valence-corrected chi connectivity index (χ2v) is 4.52. The molecule has 0 spiro atoms. The summed E-state index contributed by atoms with van der Waals surface area (Å²) in [7, 11) is 1.63. The van der Waals surface area contributed by atoms with E-state index in [0.29, 0.717) is 23.0 Å². The minimum atomic E-state index is 0.475. The molecule has 0 radical (unpaired) electrons. The largest absolute Gasteiger partial charge is 0.497 e. The number of nitrogens with one attached hydrogen (secondary N) is 1. The molecule has 7 heteroatoms. The van der Waals surface area contributed by atoms with Crippen LogP contribution in [0.1, 0.15) is 11.7 Å². The van der Waals surface area contributed by atoms with Gasteiger partial charge in [-0.25, -0.2) is 0 Å². The van der Waals surface area contributed by atoms with Crippen molar-refractivity contribution in [3.05, 3.63) is 34.7 Å². The van der Waals surface area contributed by atoms with Gasteiger partial charge >= 0.3 is 0 Å². The minimum Gasteiger partial charge on any atom is -0.497 e. The van der Waals surface area contributed by atoms with Crippen molar-refractivity contribution >= 4 is 23.3 Å². The molecular formula is C12H12N4O2S. The quantitative estimate of drug-likeness (QED) is 0.744. The summed E-state index contributed by atoms with van der Waals surface area (Å²) in [5.41, 5.74) is 1.90. The van der Waals surface area contributed by atoms with Gasteiger partial charge < -0.3 is 18.8 Å². The number of H-pyrrole nitrogens is 1. The number of methoxy groups -OCH3 is 1. The number of imidazole rings is 1. The van der Waals surface area contributed by atoms with Crippen LogP contribution < -0.4 is 4.74 Å². The number of aromatic nitrogens is 4. The highest BCUT2D eigenvalue weighted by molar-refractivity contribution is 7.71. The molecule has 1 aromatic carbocycles. The second kappa shape index (κ2) is 4.51. The Morgan fingerprint density at radius 3 is 3.00 bits per heavy atom. The molecule has 19 heavy (non-hydrogen) atoms. The van der Waals surface area contributed by atoms with Crippen molar-refractivity contribution in [1.82, 2.24) is 19.7 Å². The maximum absolute atomic E-state index is 5.32. The van der Waals surface area contributed by atoms with Gasteiger partial charge in [0.2, 0.25) is 5.89 Å². The first-order chi connectivity index (χ1) is 9.17. The van der Waals surface area contributed by atoms with Crippen LogP contribution in [-0.2, 0) is 6.54 Å². The van der Waals surface area contributed by atoms with Crippen molar-refractivity contribution in [2.45, 2.75) is 13.5 Å². The number of aryl methyl sites for hydroxylation is 1. The average Bonchev–Trinajstić information content (AvgIpc) is 2.94. The molecule has 3 aromatic rings. The Bertz CT molecular complexity index is 786. The summed E-state index contributed by atoms with van der Waals surface area (Å²) in [5, 5.41) is 3.88. The normalized spacial score (nSPS) is 11.1. The van der Waals surface area contributed by atoms with Crippen LogP contribution in [0.15, 0.2) is 22.7 Å². The summed E-state index contributed by atoms with van der Waals surface area (Å²) < 4.78 is 12.7. The fourth-order valence-corrected chi connectivity index (χ4v) is 2.25. The van der Waals surface area contributed by atoms with Gasteiger partial charge in [-0.1, -0.05) is 5.16 Å². The minimum absolute atomic E-state index is 0.475. The first-order valence-corrected chi connectivity index (χ1v) is 6.14. The third-order valence-corrected chi connectivity index (χ3v) is 3.17. The molecule has 0 fully saturated rings. The number of ether oxygens (including phenoxy) is 1. The van der Waals surface area contributed by atoms with E-state index >= 15 is 0 Å². The van der Waals surface area contributed by atoms with Crippen molar-refractivity contribution in [1.29, 1.82) is 0 Å². The number of benzene rings is 1. The molecule has 2 heterocycles. The number of hydrogen-bond acceptors (Lipinski definition) is 5. The Morgan fingerprint density at radius 2 is 2.32 bits per heavy atom. The molecule has 0 atom stereocenters. The van der Waals surface area contributed by atoms with E-state index in [0.717, 1.165) is 16.8 Å². The van der Waals surface area contributed by atoms with Crippen molar-refractivity contribution < 1.29 is 9.26 Å². The first kappa shape index (κ1) is 11.9. The van der Waals surface area contributed by atoms with Gasteiger partial charge in [-0.05, 0) is 24.4 Å². The molecule has 6 nitrogen and oxygen atoms in total. The SMILES string of the molecule is COc1ccc2c(c1)[nH]c(=S)n2Cc1noc(C)n1. The highest BCUT2D eigenvalue weighted by Crippen LogP contribution is 2.21. The second-order valence-electron chi connectivity index (χ2n) is 4.13. The van der Waals surface area contributed by atoms with E-state index in [2.05, 4.69) is 15.1 Å². The van der Waals surface area contributed by atoms with Crippen LogP contribution in [0.2, 0.25) is 0 Å². The van der Waals surface area contributed by atoms with Crippen LogP contribution >= 0.6 is 12.2 Å². The lowest BCUT2D eigenvalue weighted by atomic mass is 10.3. The number of nitrogens with zero attached hydrogens (tertiary/aromatic N) is 3. The molecule has 0 aliphatic heterocycles. The van der Waals surface area contributed by atoms with Crippen molar-refractivity contribution in [2.75, 3.05) is 7.11 Å². The fraction of sp³-hybridized carbons (Fsp3) is 0.250. The van der Waals surface area contributed by atoms with Crippen LogP contribution in [0.4, 0.5) is 0 Å². The number of rotatable bonds is 3. The molecule has 0 amide bonds. The Hall–Kier alpha value is -2.15. The van der Waals surface area contributed by atoms with E-state index in [-0.39, 0.29) is 0 Å². The third kappa shape index (κ3) is 2.12. The van der Waals surface area contributed by atoms with Gasteiger partial charge in [0.25, 0.3) is 0 Å². The molecule has 0 bridgehead atoms. The van der Waals surface area contributed by atoms with Gasteiger partial charge in [0.1, 0.15) is 5.75 Å². The van der Waals surface area contributed by atoms with Gasteiger partial charge in [0.15, 0.2) is 10.6 Å². The molecular weight excluding hydrogens is 264 g/mol. The van der Waals surface area contributed by atoms with Crippen LogP contribution in [-0.4, -0.2) is 26.8 Å². The highest BCUT2D eigenvalue weighted by Gasteiger charge is 2.09. The van der Waals surface area contributed by atoms with Gasteiger partial charge in [0.05, 0.1) is 24.7 Å². The number of hydrogen-bond donors (Lipinski definition) is 1. The molecule has 2 aromatic heterocycles. The molecule has 0 aliphatic carbocycles. The molecule has 0 saturated carbocycles. The third-order valence-electron chi connectivity index (χ3n) is 2.85. The fourth-order valence-electron chi connectivity index (χ4n) is 1.97. The van der Waals surface area contributed by atoms with Gasteiger partial charge in [-0.3, -0.25) is 0 Å². The summed E-state index contributed by atoms with van der Waals surface area (Å²) in [6, 6.07) is 5.75. The van der Waals surface area contributed by atoms with Gasteiger partial charge in [-0.2, -0.15) is 4.98 Å². The van der Waals surface area contributed by atoms with Crippen molar-refractivity contribution in [3.8, 4) is 5.75 Å². The van der Waals surface area contributed by atoms with Crippen LogP contribution in [0, 0.1) is 11.7 Å². The zero-order valence-electron chi connectivity index (χ0n) is 10.5. The zero-order chi connectivity index (χ0) is 13.4. The lowest BCUT2D eigenvalue weighted by Crippen LogP contribution is -2.01. The Kier molecular flexibility index (Phi) is 2.83. The number of aromatic amines is 1. The Morgan fingerprint density at radius 1 is 1.47 bits per heavy atom. The predicted molar refractivity (Wildman–Crippen MR) is 71.8 cm³/mol. The van der Waals surface area contributed by atoms with Crippen molar-refractivity contribution in [3.63, 3.8) is 0 Å². The first-order valence-electron chi connectivity index (χ1n) is 5.73. The average molecular weight is 276 g/mol. The molecule has 3 rings (SSSR count). The molecule has 0 saturated heterocycles. The van der Waals surface area contributed by atoms with E-state index in [1.165, 1.54) is 0 Å². The smallest absolute Gasteiger partial charge is 0.223 e. The molecule has 0 aliphatic rings. The highest BCUT2D eigenvalue weighted by atomic mass is 32.1. The van der Waals surface area contributed by atoms with E-state index in [9.17, 15) is 0 Å². The summed E-state index contributed by atoms with van der Waals surface area (Å²) in [6.07, 6.45) is 0. The van der Waals surface area contributed by atoms with Gasteiger partial charge in [0, 0.05) is 13.0 Å². The standard InChI is InChI=1S/C12H12N4O2S/c1-7-13-11(15-18-7)6-16-10-4-3-8(17-2)5-9(10)14-12(16)19/h3-5H,6H2,1-2H3,(H,14,19).